The van der Waals surface area contributed by atoms with Crippen molar-refractivity contribution in [1.82, 2.24) is 0 Å². The second-order valence-corrected chi connectivity index (χ2v) is 4.53. The lowest BCUT2D eigenvalue weighted by Gasteiger charge is -2.28. The van der Waals surface area contributed by atoms with Crippen molar-refractivity contribution < 1.29 is 9.13 Å². The highest BCUT2D eigenvalue weighted by Crippen LogP contribution is 2.28. The summed E-state index contributed by atoms with van der Waals surface area (Å²) in [5.74, 6) is 0.0359. The highest BCUT2D eigenvalue weighted by molar-refractivity contribution is 5.27. The molecule has 0 saturated carbocycles. The summed E-state index contributed by atoms with van der Waals surface area (Å²) in [6.07, 6.45) is 2.04. The molecule has 2 unspecified atom stereocenters. The Bertz CT molecular complexity index is 361. The third-order valence-electron chi connectivity index (χ3n) is 3.21. The first-order chi connectivity index (χ1) is 7.68. The van der Waals surface area contributed by atoms with Crippen molar-refractivity contribution in [2.45, 2.75) is 25.8 Å². The van der Waals surface area contributed by atoms with E-state index in [2.05, 4.69) is 0 Å². The molecule has 16 heavy (non-hydrogen) atoms. The highest BCUT2D eigenvalue weighted by Gasteiger charge is 2.24. The lowest BCUT2D eigenvalue weighted by atomic mass is 9.88. The van der Waals surface area contributed by atoms with Crippen LogP contribution in [0.2, 0.25) is 0 Å². The van der Waals surface area contributed by atoms with E-state index in [-0.39, 0.29) is 17.8 Å². The van der Waals surface area contributed by atoms with Crippen LogP contribution in [0, 0.1) is 18.7 Å². The molecule has 1 fully saturated rings. The van der Waals surface area contributed by atoms with Crippen LogP contribution >= 0.6 is 0 Å². The van der Waals surface area contributed by atoms with Crippen LogP contribution < -0.4 is 5.73 Å². The Hall–Kier alpha value is -0.930. The normalized spacial score (nSPS) is 23.1. The molecule has 0 aromatic heterocycles. The molecule has 2 atom stereocenters. The van der Waals surface area contributed by atoms with Gasteiger partial charge < -0.3 is 10.5 Å². The average Bonchev–Trinajstić information content (AvgIpc) is 2.32. The highest BCUT2D eigenvalue weighted by atomic mass is 19.1. The largest absolute Gasteiger partial charge is 0.381 e. The van der Waals surface area contributed by atoms with Gasteiger partial charge in [-0.2, -0.15) is 0 Å². The van der Waals surface area contributed by atoms with E-state index >= 15 is 0 Å². The van der Waals surface area contributed by atoms with E-state index < -0.39 is 0 Å². The first-order valence-corrected chi connectivity index (χ1v) is 5.78. The third kappa shape index (κ3) is 2.42. The summed E-state index contributed by atoms with van der Waals surface area (Å²) >= 11 is 0. The van der Waals surface area contributed by atoms with Crippen molar-refractivity contribution >= 4 is 0 Å². The number of hydrogen-bond acceptors (Lipinski definition) is 2. The van der Waals surface area contributed by atoms with Crippen molar-refractivity contribution in [3.63, 3.8) is 0 Å². The summed E-state index contributed by atoms with van der Waals surface area (Å²) in [6, 6.07) is 4.85. The van der Waals surface area contributed by atoms with Gasteiger partial charge in [-0.15, -0.1) is 0 Å². The van der Waals surface area contributed by atoms with Gasteiger partial charge in [-0.3, -0.25) is 0 Å². The van der Waals surface area contributed by atoms with Gasteiger partial charge in [0, 0.05) is 24.1 Å². The van der Waals surface area contributed by atoms with E-state index in [9.17, 15) is 4.39 Å². The lowest BCUT2D eigenvalue weighted by molar-refractivity contribution is 0.0443. The number of aryl methyl sites for hydroxylation is 1. The van der Waals surface area contributed by atoms with Gasteiger partial charge in [-0.05, 0) is 25.8 Å². The zero-order valence-electron chi connectivity index (χ0n) is 9.58. The van der Waals surface area contributed by atoms with Gasteiger partial charge in [0.25, 0.3) is 0 Å². The number of rotatable bonds is 2. The Kier molecular flexibility index (Phi) is 3.56. The predicted octanol–water partition coefficient (Wildman–Crippen LogP) is 2.56. The van der Waals surface area contributed by atoms with Gasteiger partial charge in [0.2, 0.25) is 0 Å². The second kappa shape index (κ2) is 4.93. The molecule has 0 aliphatic carbocycles. The minimum Gasteiger partial charge on any atom is -0.381 e. The molecule has 0 bridgehead atoms. The fraction of sp³-hybridized carbons (Fsp3) is 0.538. The van der Waals surface area contributed by atoms with Crippen molar-refractivity contribution in [2.75, 3.05) is 13.2 Å². The molecule has 1 aromatic rings. The SMILES string of the molecule is Cc1ccc(F)c(C(N)C2CCCOC2)c1. The smallest absolute Gasteiger partial charge is 0.128 e. The Morgan fingerprint density at radius 3 is 3.00 bits per heavy atom. The van der Waals surface area contributed by atoms with Crippen molar-refractivity contribution in [1.29, 1.82) is 0 Å². The van der Waals surface area contributed by atoms with E-state index in [1.165, 1.54) is 6.07 Å². The molecule has 1 saturated heterocycles. The van der Waals surface area contributed by atoms with Crippen LogP contribution in [0.3, 0.4) is 0 Å². The van der Waals surface area contributed by atoms with Crippen molar-refractivity contribution in [2.24, 2.45) is 11.7 Å². The monoisotopic (exact) mass is 223 g/mol. The summed E-state index contributed by atoms with van der Waals surface area (Å²) < 4.78 is 19.0. The molecular formula is C13H18FNO. The molecular weight excluding hydrogens is 205 g/mol. The first-order valence-electron chi connectivity index (χ1n) is 5.78. The average molecular weight is 223 g/mol. The number of hydrogen-bond donors (Lipinski definition) is 1. The Balaban J connectivity index is 2.18. The molecule has 1 heterocycles. The van der Waals surface area contributed by atoms with E-state index in [0.29, 0.717) is 12.2 Å². The summed E-state index contributed by atoms with van der Waals surface area (Å²) in [7, 11) is 0. The lowest BCUT2D eigenvalue weighted by Crippen LogP contribution is -2.29. The quantitative estimate of drug-likeness (QED) is 0.836. The van der Waals surface area contributed by atoms with Gasteiger partial charge in [-0.25, -0.2) is 4.39 Å². The molecule has 0 spiro atoms. The maximum absolute atomic E-state index is 13.7. The fourth-order valence-corrected chi connectivity index (χ4v) is 2.22. The van der Waals surface area contributed by atoms with Gasteiger partial charge in [0.05, 0.1) is 6.61 Å². The maximum atomic E-state index is 13.7. The van der Waals surface area contributed by atoms with Gasteiger partial charge >= 0.3 is 0 Å². The fourth-order valence-electron chi connectivity index (χ4n) is 2.22. The molecule has 0 radical (unpaired) electrons. The Morgan fingerprint density at radius 2 is 2.31 bits per heavy atom. The van der Waals surface area contributed by atoms with Gasteiger partial charge in [-0.1, -0.05) is 17.7 Å². The molecule has 3 heteroatoms. The number of halogens is 1. The number of benzene rings is 1. The van der Waals surface area contributed by atoms with E-state index in [4.69, 9.17) is 10.5 Å². The molecule has 1 aromatic carbocycles. The molecule has 2 N–H and O–H groups in total. The standard InChI is InChI=1S/C13H18FNO/c1-9-4-5-12(14)11(7-9)13(15)10-3-2-6-16-8-10/h4-5,7,10,13H,2-3,6,8,15H2,1H3. The van der Waals surface area contributed by atoms with Crippen LogP contribution in [0.15, 0.2) is 18.2 Å². The van der Waals surface area contributed by atoms with Gasteiger partial charge in [0.1, 0.15) is 5.82 Å². The molecule has 0 amide bonds. The first kappa shape index (κ1) is 11.6. The van der Waals surface area contributed by atoms with E-state index in [0.717, 1.165) is 25.0 Å². The van der Waals surface area contributed by atoms with Crippen LogP contribution in [0.1, 0.15) is 30.0 Å². The second-order valence-electron chi connectivity index (χ2n) is 4.53. The molecule has 88 valence electrons. The molecule has 2 nitrogen and oxygen atoms in total. The zero-order chi connectivity index (χ0) is 11.5. The predicted molar refractivity (Wildman–Crippen MR) is 61.6 cm³/mol. The molecule has 1 aliphatic heterocycles. The summed E-state index contributed by atoms with van der Waals surface area (Å²) in [5, 5.41) is 0. The summed E-state index contributed by atoms with van der Waals surface area (Å²) in [5.41, 5.74) is 7.79. The topological polar surface area (TPSA) is 35.2 Å². The van der Waals surface area contributed by atoms with Crippen LogP contribution in [-0.2, 0) is 4.74 Å². The maximum Gasteiger partial charge on any atom is 0.128 e. The molecule has 1 aliphatic rings. The van der Waals surface area contributed by atoms with E-state index in [1.807, 2.05) is 13.0 Å². The zero-order valence-corrected chi connectivity index (χ0v) is 9.58. The summed E-state index contributed by atoms with van der Waals surface area (Å²) in [6.45, 7) is 3.40. The number of ether oxygens (including phenoxy) is 1. The van der Waals surface area contributed by atoms with Crippen LogP contribution in [-0.4, -0.2) is 13.2 Å². The van der Waals surface area contributed by atoms with Crippen molar-refractivity contribution in [3.8, 4) is 0 Å². The Morgan fingerprint density at radius 1 is 1.50 bits per heavy atom. The van der Waals surface area contributed by atoms with Crippen LogP contribution in [0.5, 0.6) is 0 Å². The minimum absolute atomic E-state index is 0.205. The van der Waals surface area contributed by atoms with Crippen molar-refractivity contribution in [3.05, 3.63) is 35.1 Å². The van der Waals surface area contributed by atoms with E-state index in [1.54, 1.807) is 6.07 Å². The minimum atomic E-state index is -0.250. The summed E-state index contributed by atoms with van der Waals surface area (Å²) in [4.78, 5) is 0. The third-order valence-corrected chi connectivity index (χ3v) is 3.21. The van der Waals surface area contributed by atoms with Crippen LogP contribution in [0.4, 0.5) is 4.39 Å². The number of nitrogens with two attached hydrogens (primary N) is 1. The van der Waals surface area contributed by atoms with Gasteiger partial charge in [0.15, 0.2) is 0 Å². The van der Waals surface area contributed by atoms with Crippen LogP contribution in [0.25, 0.3) is 0 Å². The Labute approximate surface area is 95.6 Å². The molecule has 2 rings (SSSR count).